The number of halogens is 2. The highest BCUT2D eigenvalue weighted by molar-refractivity contribution is 7.80. The highest BCUT2D eigenvalue weighted by Crippen LogP contribution is 2.55. The van der Waals surface area contributed by atoms with E-state index in [2.05, 4.69) is 10.6 Å². The Bertz CT molecular complexity index is 581. The third kappa shape index (κ3) is 2.60. The summed E-state index contributed by atoms with van der Waals surface area (Å²) < 4.78 is 26.7. The highest BCUT2D eigenvalue weighted by atomic mass is 32.1. The van der Waals surface area contributed by atoms with Crippen molar-refractivity contribution in [2.24, 2.45) is 17.8 Å². The summed E-state index contributed by atoms with van der Waals surface area (Å²) in [5.41, 5.74) is 0.318. The van der Waals surface area contributed by atoms with Crippen LogP contribution in [-0.2, 0) is 0 Å². The molecule has 0 unspecified atom stereocenters. The van der Waals surface area contributed by atoms with Crippen LogP contribution in [0.2, 0.25) is 0 Å². The van der Waals surface area contributed by atoms with Gasteiger partial charge in [-0.3, -0.25) is 0 Å². The van der Waals surface area contributed by atoms with Gasteiger partial charge in [-0.25, -0.2) is 8.78 Å². The van der Waals surface area contributed by atoms with Gasteiger partial charge in [-0.15, -0.1) is 0 Å². The summed E-state index contributed by atoms with van der Waals surface area (Å²) in [4.78, 5) is 0. The lowest BCUT2D eigenvalue weighted by atomic mass is 9.53. The van der Waals surface area contributed by atoms with Crippen molar-refractivity contribution in [3.63, 3.8) is 0 Å². The second-order valence-corrected chi connectivity index (χ2v) is 7.81. The Hall–Kier alpha value is -1.23. The molecule has 22 heavy (non-hydrogen) atoms. The molecule has 5 heteroatoms. The summed E-state index contributed by atoms with van der Waals surface area (Å²) in [6, 6.07) is 3.49. The maximum atomic E-state index is 13.7. The first kappa shape index (κ1) is 14.4. The van der Waals surface area contributed by atoms with Gasteiger partial charge < -0.3 is 10.6 Å². The number of hydrogen-bond donors (Lipinski definition) is 2. The molecule has 0 radical (unpaired) electrons. The average molecular weight is 322 g/mol. The van der Waals surface area contributed by atoms with E-state index >= 15 is 0 Å². The van der Waals surface area contributed by atoms with Crippen molar-refractivity contribution in [2.45, 2.75) is 44.1 Å². The fourth-order valence-electron chi connectivity index (χ4n) is 5.25. The van der Waals surface area contributed by atoms with E-state index in [9.17, 15) is 8.78 Å². The fraction of sp³-hybridized carbons (Fsp3) is 0.588. The van der Waals surface area contributed by atoms with Crippen LogP contribution in [0, 0.1) is 29.4 Å². The molecule has 0 saturated heterocycles. The Balaban J connectivity index is 1.46. The first-order chi connectivity index (χ1) is 10.5. The fourth-order valence-corrected chi connectivity index (χ4v) is 5.58. The van der Waals surface area contributed by atoms with E-state index in [4.69, 9.17) is 12.2 Å². The standard InChI is InChI=1S/C17H20F2N2S/c18-13-1-2-15(14(19)6-13)20-16(22)21-17-7-10-3-11(8-17)5-12(4-10)9-17/h1-2,6,10-12H,3-5,7-9H2,(H2,20,21,22). The Kier molecular flexibility index (Phi) is 3.36. The van der Waals surface area contributed by atoms with Crippen molar-refractivity contribution >= 4 is 23.0 Å². The molecule has 4 aliphatic rings. The zero-order chi connectivity index (χ0) is 15.3. The normalized spacial score (nSPS) is 35.5. The number of hydrogen-bond acceptors (Lipinski definition) is 1. The molecule has 1 aromatic rings. The molecule has 4 saturated carbocycles. The van der Waals surface area contributed by atoms with Crippen LogP contribution in [0.1, 0.15) is 38.5 Å². The second-order valence-electron chi connectivity index (χ2n) is 7.40. The second kappa shape index (κ2) is 5.15. The topological polar surface area (TPSA) is 24.1 Å². The summed E-state index contributed by atoms with van der Waals surface area (Å²) in [6.07, 6.45) is 7.63. The van der Waals surface area contributed by atoms with Gasteiger partial charge >= 0.3 is 0 Å². The monoisotopic (exact) mass is 322 g/mol. The minimum atomic E-state index is -0.616. The minimum Gasteiger partial charge on any atom is -0.357 e. The van der Waals surface area contributed by atoms with Crippen LogP contribution >= 0.6 is 12.2 Å². The summed E-state index contributed by atoms with van der Waals surface area (Å²) in [6.45, 7) is 0. The van der Waals surface area contributed by atoms with Crippen LogP contribution in [0.4, 0.5) is 14.5 Å². The van der Waals surface area contributed by atoms with Crippen molar-refractivity contribution in [2.75, 3.05) is 5.32 Å². The quantitative estimate of drug-likeness (QED) is 0.797. The molecule has 0 amide bonds. The molecular formula is C17H20F2N2S. The van der Waals surface area contributed by atoms with E-state index in [0.717, 1.165) is 23.8 Å². The number of thiocarbonyl (C=S) groups is 1. The van der Waals surface area contributed by atoms with E-state index in [0.29, 0.717) is 5.11 Å². The van der Waals surface area contributed by atoms with Crippen LogP contribution in [0.25, 0.3) is 0 Å². The summed E-state index contributed by atoms with van der Waals surface area (Å²) in [5, 5.41) is 6.82. The molecule has 118 valence electrons. The molecule has 4 fully saturated rings. The van der Waals surface area contributed by atoms with Crippen LogP contribution < -0.4 is 10.6 Å². The smallest absolute Gasteiger partial charge is 0.171 e. The van der Waals surface area contributed by atoms with Crippen LogP contribution in [0.3, 0.4) is 0 Å². The van der Waals surface area contributed by atoms with Gasteiger partial charge in [-0.05, 0) is 80.6 Å². The molecular weight excluding hydrogens is 302 g/mol. The summed E-state index contributed by atoms with van der Waals surface area (Å²) in [5.74, 6) is 1.27. The number of anilines is 1. The summed E-state index contributed by atoms with van der Waals surface area (Å²) >= 11 is 5.38. The summed E-state index contributed by atoms with van der Waals surface area (Å²) in [7, 11) is 0. The first-order valence-corrected chi connectivity index (χ1v) is 8.46. The molecule has 0 spiro atoms. The van der Waals surface area contributed by atoms with E-state index in [1.54, 1.807) is 0 Å². The average Bonchev–Trinajstić information content (AvgIpc) is 2.39. The molecule has 0 atom stereocenters. The molecule has 4 aliphatic carbocycles. The number of nitrogens with one attached hydrogen (secondary N) is 2. The van der Waals surface area contributed by atoms with Crippen LogP contribution in [-0.4, -0.2) is 10.7 Å². The van der Waals surface area contributed by atoms with Gasteiger partial charge in [0.2, 0.25) is 0 Å². The zero-order valence-corrected chi connectivity index (χ0v) is 13.2. The van der Waals surface area contributed by atoms with Crippen molar-refractivity contribution < 1.29 is 8.78 Å². The van der Waals surface area contributed by atoms with E-state index in [1.807, 2.05) is 0 Å². The first-order valence-electron chi connectivity index (χ1n) is 8.06. The lowest BCUT2D eigenvalue weighted by molar-refractivity contribution is -0.00972. The predicted octanol–water partition coefficient (Wildman–Crippen LogP) is 4.22. The largest absolute Gasteiger partial charge is 0.357 e. The Morgan fingerprint density at radius 2 is 1.64 bits per heavy atom. The van der Waals surface area contributed by atoms with Gasteiger partial charge in [0.1, 0.15) is 11.6 Å². The third-order valence-corrected chi connectivity index (χ3v) is 5.80. The van der Waals surface area contributed by atoms with E-state index in [-0.39, 0.29) is 11.2 Å². The molecule has 2 N–H and O–H groups in total. The van der Waals surface area contributed by atoms with Crippen molar-refractivity contribution in [1.29, 1.82) is 0 Å². The highest BCUT2D eigenvalue weighted by Gasteiger charge is 2.51. The third-order valence-electron chi connectivity index (χ3n) is 5.60. The van der Waals surface area contributed by atoms with Gasteiger partial charge in [-0.1, -0.05) is 0 Å². The van der Waals surface area contributed by atoms with Gasteiger partial charge in [0, 0.05) is 11.6 Å². The molecule has 0 heterocycles. The van der Waals surface area contributed by atoms with Crippen LogP contribution in [0.15, 0.2) is 18.2 Å². The van der Waals surface area contributed by atoms with Crippen LogP contribution in [0.5, 0.6) is 0 Å². The van der Waals surface area contributed by atoms with Gasteiger partial charge in [0.25, 0.3) is 0 Å². The zero-order valence-electron chi connectivity index (χ0n) is 12.4. The van der Waals surface area contributed by atoms with Crippen molar-refractivity contribution in [3.8, 4) is 0 Å². The molecule has 4 bridgehead atoms. The van der Waals surface area contributed by atoms with Gasteiger partial charge in [-0.2, -0.15) is 0 Å². The van der Waals surface area contributed by atoms with Gasteiger partial charge in [0.15, 0.2) is 5.11 Å². The SMILES string of the molecule is Fc1ccc(NC(=S)NC23CC4CC(CC(C4)C2)C3)c(F)c1. The maximum absolute atomic E-state index is 13.7. The molecule has 2 nitrogen and oxygen atoms in total. The van der Waals surface area contributed by atoms with E-state index in [1.165, 1.54) is 50.7 Å². The number of rotatable bonds is 2. The van der Waals surface area contributed by atoms with E-state index < -0.39 is 11.6 Å². The molecule has 5 rings (SSSR count). The lowest BCUT2D eigenvalue weighted by Crippen LogP contribution is -2.60. The lowest BCUT2D eigenvalue weighted by Gasteiger charge is -2.57. The Morgan fingerprint density at radius 3 is 2.18 bits per heavy atom. The minimum absolute atomic E-state index is 0.0926. The molecule has 0 aromatic heterocycles. The predicted molar refractivity (Wildman–Crippen MR) is 86.6 cm³/mol. The Morgan fingerprint density at radius 1 is 1.05 bits per heavy atom. The maximum Gasteiger partial charge on any atom is 0.171 e. The number of benzene rings is 1. The molecule has 0 aliphatic heterocycles. The van der Waals surface area contributed by atoms with Gasteiger partial charge in [0.05, 0.1) is 5.69 Å². The van der Waals surface area contributed by atoms with Crippen molar-refractivity contribution in [1.82, 2.24) is 5.32 Å². The van der Waals surface area contributed by atoms with Crippen molar-refractivity contribution in [3.05, 3.63) is 29.8 Å². The Labute approximate surface area is 134 Å². The molecule has 1 aromatic carbocycles.